The molecule has 1 saturated carbocycles. The van der Waals surface area contributed by atoms with E-state index >= 15 is 0 Å². The van der Waals surface area contributed by atoms with Gasteiger partial charge in [-0.2, -0.15) is 0 Å². The van der Waals surface area contributed by atoms with Crippen molar-refractivity contribution < 1.29 is 18.7 Å². The van der Waals surface area contributed by atoms with Gasteiger partial charge in [0.15, 0.2) is 6.61 Å². The van der Waals surface area contributed by atoms with Crippen molar-refractivity contribution in [3.05, 3.63) is 46.3 Å². The molecule has 2 aromatic rings. The molecule has 6 nitrogen and oxygen atoms in total. The molecule has 0 radical (unpaired) electrons. The lowest BCUT2D eigenvalue weighted by Crippen LogP contribution is -2.43. The van der Waals surface area contributed by atoms with Crippen molar-refractivity contribution in [1.82, 2.24) is 5.32 Å². The fourth-order valence-electron chi connectivity index (χ4n) is 3.19. The van der Waals surface area contributed by atoms with Crippen molar-refractivity contribution in [2.24, 2.45) is 5.92 Å². The highest BCUT2D eigenvalue weighted by molar-refractivity contribution is 5.94. The first-order valence-electron chi connectivity index (χ1n) is 8.54. The fourth-order valence-corrected chi connectivity index (χ4v) is 3.19. The van der Waals surface area contributed by atoms with Crippen molar-refractivity contribution in [2.45, 2.75) is 38.6 Å². The lowest BCUT2D eigenvalue weighted by molar-refractivity contribution is -0.125. The van der Waals surface area contributed by atoms with E-state index in [1.54, 1.807) is 24.3 Å². The van der Waals surface area contributed by atoms with Gasteiger partial charge >= 0.3 is 11.6 Å². The molecule has 2 atom stereocenters. The van der Waals surface area contributed by atoms with Gasteiger partial charge in [-0.15, -0.1) is 0 Å². The molecule has 0 spiro atoms. The Hall–Kier alpha value is -2.63. The summed E-state index contributed by atoms with van der Waals surface area (Å²) in [6.45, 7) is 1.70. The number of fused-ring (bicyclic) bond motifs is 1. The molecule has 1 aromatic carbocycles. The summed E-state index contributed by atoms with van der Waals surface area (Å²) >= 11 is 0. The molecule has 1 aromatic heterocycles. The van der Waals surface area contributed by atoms with Crippen LogP contribution in [0.25, 0.3) is 11.0 Å². The van der Waals surface area contributed by atoms with Gasteiger partial charge in [0, 0.05) is 11.4 Å². The summed E-state index contributed by atoms with van der Waals surface area (Å²) in [4.78, 5) is 36.0. The first kappa shape index (κ1) is 17.2. The standard InChI is InChI=1S/C19H21NO5/c1-12-6-2-4-8-15(12)20-17(21)11-24-18(22)14-10-13-7-3-5-9-16(13)25-19(14)23/h3,5,7,9-10,12,15H,2,4,6,8,11H2,1H3,(H,20,21)/t12-,15-/m1/s1. The Morgan fingerprint density at radius 3 is 2.80 bits per heavy atom. The van der Waals surface area contributed by atoms with Crippen LogP contribution in [0.5, 0.6) is 0 Å². The zero-order valence-electron chi connectivity index (χ0n) is 14.1. The lowest BCUT2D eigenvalue weighted by Gasteiger charge is -2.29. The topological polar surface area (TPSA) is 85.6 Å². The van der Waals surface area contributed by atoms with E-state index in [2.05, 4.69) is 12.2 Å². The van der Waals surface area contributed by atoms with Gasteiger partial charge in [-0.25, -0.2) is 9.59 Å². The maximum atomic E-state index is 12.1. The summed E-state index contributed by atoms with van der Waals surface area (Å²) in [7, 11) is 0. The molecule has 1 fully saturated rings. The normalized spacial score (nSPS) is 20.2. The minimum absolute atomic E-state index is 0.116. The molecule has 0 aliphatic heterocycles. The molecule has 6 heteroatoms. The third kappa shape index (κ3) is 4.07. The summed E-state index contributed by atoms with van der Waals surface area (Å²) in [6.07, 6.45) is 4.30. The van der Waals surface area contributed by atoms with Crippen LogP contribution in [0.15, 0.2) is 39.5 Å². The molecule has 1 aliphatic rings. The average molecular weight is 343 g/mol. The third-order valence-corrected chi connectivity index (χ3v) is 4.65. The third-order valence-electron chi connectivity index (χ3n) is 4.65. The minimum atomic E-state index is -0.855. The van der Waals surface area contributed by atoms with Crippen LogP contribution in [0.1, 0.15) is 43.0 Å². The zero-order chi connectivity index (χ0) is 17.8. The molecule has 0 bridgehead atoms. The highest BCUT2D eigenvalue weighted by atomic mass is 16.5. The maximum absolute atomic E-state index is 12.1. The fraction of sp³-hybridized carbons (Fsp3) is 0.421. The number of para-hydroxylation sites is 1. The predicted octanol–water partition coefficient (Wildman–Crippen LogP) is 2.64. The number of benzene rings is 1. The number of rotatable bonds is 4. The maximum Gasteiger partial charge on any atom is 0.351 e. The van der Waals surface area contributed by atoms with E-state index in [0.29, 0.717) is 16.9 Å². The highest BCUT2D eigenvalue weighted by Gasteiger charge is 2.23. The van der Waals surface area contributed by atoms with Gasteiger partial charge in [0.2, 0.25) is 0 Å². The van der Waals surface area contributed by atoms with Gasteiger partial charge < -0.3 is 14.5 Å². The molecule has 0 unspecified atom stereocenters. The smallest absolute Gasteiger partial charge is 0.351 e. The van der Waals surface area contributed by atoms with E-state index in [4.69, 9.17) is 9.15 Å². The molecule has 0 saturated heterocycles. The Morgan fingerprint density at radius 1 is 1.24 bits per heavy atom. The van der Waals surface area contributed by atoms with Crippen molar-refractivity contribution in [1.29, 1.82) is 0 Å². The number of hydrogen-bond acceptors (Lipinski definition) is 5. The number of carbonyl (C=O) groups excluding carboxylic acids is 2. The van der Waals surface area contributed by atoms with Gasteiger partial charge in [0.1, 0.15) is 11.1 Å². The molecule has 1 aliphatic carbocycles. The van der Waals surface area contributed by atoms with Crippen molar-refractivity contribution in [2.75, 3.05) is 6.61 Å². The summed E-state index contributed by atoms with van der Waals surface area (Å²) in [5.41, 5.74) is -0.587. The van der Waals surface area contributed by atoms with Gasteiger partial charge in [-0.05, 0) is 30.9 Å². The number of amides is 1. The summed E-state index contributed by atoms with van der Waals surface area (Å²) in [5, 5.41) is 3.52. The van der Waals surface area contributed by atoms with Gasteiger partial charge in [-0.3, -0.25) is 4.79 Å². The molecule has 132 valence electrons. The van der Waals surface area contributed by atoms with Crippen molar-refractivity contribution >= 4 is 22.8 Å². The Morgan fingerprint density at radius 2 is 2.00 bits per heavy atom. The second-order valence-corrected chi connectivity index (χ2v) is 6.50. The lowest BCUT2D eigenvalue weighted by atomic mass is 9.86. The van der Waals surface area contributed by atoms with Crippen LogP contribution in [0, 0.1) is 5.92 Å². The minimum Gasteiger partial charge on any atom is -0.452 e. The summed E-state index contributed by atoms with van der Waals surface area (Å²) in [6, 6.07) is 8.42. The van der Waals surface area contributed by atoms with Crippen LogP contribution in [0.3, 0.4) is 0 Å². The van der Waals surface area contributed by atoms with Crippen LogP contribution >= 0.6 is 0 Å². The van der Waals surface area contributed by atoms with Crippen molar-refractivity contribution in [3.8, 4) is 0 Å². The van der Waals surface area contributed by atoms with E-state index in [9.17, 15) is 14.4 Å². The average Bonchev–Trinajstić information content (AvgIpc) is 2.61. The van der Waals surface area contributed by atoms with Crippen LogP contribution in [-0.4, -0.2) is 24.5 Å². The molecule has 3 rings (SSSR count). The Bertz CT molecular complexity index is 841. The van der Waals surface area contributed by atoms with E-state index < -0.39 is 18.2 Å². The summed E-state index contributed by atoms with van der Waals surface area (Å²) in [5.74, 6) is -0.787. The van der Waals surface area contributed by atoms with Crippen LogP contribution in [0.2, 0.25) is 0 Å². The second kappa shape index (κ2) is 7.51. The van der Waals surface area contributed by atoms with Gasteiger partial charge in [0.25, 0.3) is 5.91 Å². The van der Waals surface area contributed by atoms with E-state index in [1.807, 2.05) is 0 Å². The van der Waals surface area contributed by atoms with Gasteiger partial charge in [0.05, 0.1) is 0 Å². The van der Waals surface area contributed by atoms with E-state index in [0.717, 1.165) is 19.3 Å². The monoisotopic (exact) mass is 343 g/mol. The number of nitrogens with one attached hydrogen (secondary N) is 1. The second-order valence-electron chi connectivity index (χ2n) is 6.50. The number of ether oxygens (including phenoxy) is 1. The molecular weight excluding hydrogens is 322 g/mol. The number of esters is 1. The largest absolute Gasteiger partial charge is 0.452 e. The van der Waals surface area contributed by atoms with Gasteiger partial charge in [-0.1, -0.05) is 38.0 Å². The Balaban J connectivity index is 1.61. The Kier molecular flexibility index (Phi) is 5.16. The van der Waals surface area contributed by atoms with E-state index in [1.165, 1.54) is 12.5 Å². The summed E-state index contributed by atoms with van der Waals surface area (Å²) < 4.78 is 10.1. The predicted molar refractivity (Wildman–Crippen MR) is 92.3 cm³/mol. The number of hydrogen-bond donors (Lipinski definition) is 1. The van der Waals surface area contributed by atoms with Crippen LogP contribution < -0.4 is 10.9 Å². The molecule has 1 N–H and O–H groups in total. The van der Waals surface area contributed by atoms with E-state index in [-0.39, 0.29) is 17.5 Å². The van der Waals surface area contributed by atoms with Crippen molar-refractivity contribution in [3.63, 3.8) is 0 Å². The molecule has 1 amide bonds. The highest BCUT2D eigenvalue weighted by Crippen LogP contribution is 2.23. The SMILES string of the molecule is C[C@@H]1CCCC[C@H]1NC(=O)COC(=O)c1cc2ccccc2oc1=O. The molecular formula is C19H21NO5. The Labute approximate surface area is 145 Å². The molecule has 1 heterocycles. The van der Waals surface area contributed by atoms with Crippen LogP contribution in [-0.2, 0) is 9.53 Å². The zero-order valence-corrected chi connectivity index (χ0v) is 14.1. The first-order valence-corrected chi connectivity index (χ1v) is 8.54. The quantitative estimate of drug-likeness (QED) is 0.681. The first-order chi connectivity index (χ1) is 12.0. The molecule has 25 heavy (non-hydrogen) atoms. The number of carbonyl (C=O) groups is 2. The van der Waals surface area contributed by atoms with Crippen LogP contribution in [0.4, 0.5) is 0 Å².